The van der Waals surface area contributed by atoms with Gasteiger partial charge in [-0.05, 0) is 27.7 Å². The molecular weight excluding hydrogens is 240 g/mol. The Hall–Kier alpha value is -1.36. The van der Waals surface area contributed by atoms with Gasteiger partial charge in [0.2, 0.25) is 5.88 Å². The predicted octanol–water partition coefficient (Wildman–Crippen LogP) is 1.79. The Bertz CT molecular complexity index is 430. The van der Waals surface area contributed by atoms with Crippen molar-refractivity contribution in [2.24, 2.45) is 0 Å². The number of hydrogen-bond acceptors (Lipinski definition) is 5. The second-order valence-corrected chi connectivity index (χ2v) is 6.08. The van der Waals surface area contributed by atoms with Gasteiger partial charge in [-0.2, -0.15) is 4.98 Å². The van der Waals surface area contributed by atoms with E-state index in [0.29, 0.717) is 11.9 Å². The molecule has 5 heteroatoms. The second kappa shape index (κ2) is 5.33. The summed E-state index contributed by atoms with van der Waals surface area (Å²) >= 11 is 0. The van der Waals surface area contributed by atoms with E-state index in [1.165, 1.54) is 0 Å². The maximum Gasteiger partial charge on any atom is 0.233 e. The predicted molar refractivity (Wildman–Crippen MR) is 76.7 cm³/mol. The molecule has 5 nitrogen and oxygen atoms in total. The molecule has 1 fully saturated rings. The van der Waals surface area contributed by atoms with Crippen LogP contribution in [0.5, 0.6) is 5.88 Å². The van der Waals surface area contributed by atoms with Crippen LogP contribution in [0, 0.1) is 0 Å². The molecule has 2 rings (SSSR count). The van der Waals surface area contributed by atoms with E-state index in [9.17, 15) is 0 Å². The van der Waals surface area contributed by atoms with Crippen molar-refractivity contribution in [3.05, 3.63) is 12.4 Å². The molecule has 0 aliphatic carbocycles. The highest BCUT2D eigenvalue weighted by molar-refractivity contribution is 5.38. The first-order chi connectivity index (χ1) is 8.91. The molecule has 106 valence electrons. The first kappa shape index (κ1) is 14.1. The molecule has 0 spiro atoms. The van der Waals surface area contributed by atoms with Crippen molar-refractivity contribution in [2.45, 2.75) is 39.3 Å². The first-order valence-electron chi connectivity index (χ1n) is 6.79. The molecule has 0 bridgehead atoms. The summed E-state index contributed by atoms with van der Waals surface area (Å²) in [5, 5.41) is 0. The van der Waals surface area contributed by atoms with E-state index in [0.717, 1.165) is 25.5 Å². The van der Waals surface area contributed by atoms with Crippen molar-refractivity contribution in [2.75, 3.05) is 31.6 Å². The Labute approximate surface area is 115 Å². The van der Waals surface area contributed by atoms with Crippen molar-refractivity contribution in [3.8, 4) is 5.88 Å². The SMILES string of the molecule is COc1cncc(N2CCN(C(C)(C)C)[C@H](C)C2)n1. The number of hydrogen-bond donors (Lipinski definition) is 0. The highest BCUT2D eigenvalue weighted by Gasteiger charge is 2.31. The summed E-state index contributed by atoms with van der Waals surface area (Å²) in [7, 11) is 1.62. The van der Waals surface area contributed by atoms with Gasteiger partial charge in [0.25, 0.3) is 0 Å². The second-order valence-electron chi connectivity index (χ2n) is 6.08. The summed E-state index contributed by atoms with van der Waals surface area (Å²) in [6.07, 6.45) is 3.44. The molecule has 2 heterocycles. The Kier molecular flexibility index (Phi) is 3.94. The molecule has 1 aromatic heterocycles. The molecule has 1 atom stereocenters. The smallest absolute Gasteiger partial charge is 0.233 e. The van der Waals surface area contributed by atoms with Gasteiger partial charge in [0.15, 0.2) is 5.82 Å². The molecule has 0 amide bonds. The summed E-state index contributed by atoms with van der Waals surface area (Å²) in [6, 6.07) is 0.502. The summed E-state index contributed by atoms with van der Waals surface area (Å²) in [5.74, 6) is 1.48. The van der Waals surface area contributed by atoms with Gasteiger partial charge in [-0.25, -0.2) is 0 Å². The number of rotatable bonds is 2. The van der Waals surface area contributed by atoms with Crippen molar-refractivity contribution in [1.29, 1.82) is 0 Å². The van der Waals surface area contributed by atoms with Crippen LogP contribution in [0.2, 0.25) is 0 Å². The van der Waals surface area contributed by atoms with E-state index in [1.54, 1.807) is 13.3 Å². The van der Waals surface area contributed by atoms with Gasteiger partial charge in [0, 0.05) is 31.2 Å². The third kappa shape index (κ3) is 3.15. The van der Waals surface area contributed by atoms with E-state index in [4.69, 9.17) is 4.74 Å². The normalized spacial score (nSPS) is 21.5. The third-order valence-corrected chi connectivity index (χ3v) is 3.62. The lowest BCUT2D eigenvalue weighted by atomic mass is 10.0. The molecule has 0 aromatic carbocycles. The van der Waals surface area contributed by atoms with Crippen LogP contribution in [-0.4, -0.2) is 53.2 Å². The standard InChI is InChI=1S/C14H24N4O/c1-11-10-17(6-7-18(11)14(2,3)4)12-8-15-9-13(16-12)19-5/h8-9,11H,6-7,10H2,1-5H3/t11-/m1/s1. The molecule has 1 aromatic rings. The lowest BCUT2D eigenvalue weighted by Crippen LogP contribution is -2.58. The molecule has 0 saturated carbocycles. The molecule has 1 saturated heterocycles. The van der Waals surface area contributed by atoms with Gasteiger partial charge in [0.1, 0.15) is 0 Å². The van der Waals surface area contributed by atoms with Crippen LogP contribution in [0.4, 0.5) is 5.82 Å². The molecule has 19 heavy (non-hydrogen) atoms. The van der Waals surface area contributed by atoms with Crippen LogP contribution >= 0.6 is 0 Å². The number of aromatic nitrogens is 2. The van der Waals surface area contributed by atoms with Crippen LogP contribution in [0.25, 0.3) is 0 Å². The van der Waals surface area contributed by atoms with Crippen molar-refractivity contribution in [3.63, 3.8) is 0 Å². The topological polar surface area (TPSA) is 41.5 Å². The van der Waals surface area contributed by atoms with E-state index in [-0.39, 0.29) is 5.54 Å². The molecule has 1 aliphatic rings. The summed E-state index contributed by atoms with van der Waals surface area (Å²) in [4.78, 5) is 13.5. The lowest BCUT2D eigenvalue weighted by molar-refractivity contribution is 0.0796. The Balaban J connectivity index is 2.09. The van der Waals surface area contributed by atoms with Gasteiger partial charge in [-0.3, -0.25) is 9.88 Å². The first-order valence-corrected chi connectivity index (χ1v) is 6.79. The summed E-state index contributed by atoms with van der Waals surface area (Å²) in [6.45, 7) is 12.1. The van der Waals surface area contributed by atoms with E-state index >= 15 is 0 Å². The Morgan fingerprint density at radius 3 is 2.58 bits per heavy atom. The quantitative estimate of drug-likeness (QED) is 0.814. The fourth-order valence-corrected chi connectivity index (χ4v) is 2.75. The summed E-state index contributed by atoms with van der Waals surface area (Å²) in [5.41, 5.74) is 0.214. The Morgan fingerprint density at radius 2 is 2.00 bits per heavy atom. The number of methoxy groups -OCH3 is 1. The van der Waals surface area contributed by atoms with E-state index < -0.39 is 0 Å². The fourth-order valence-electron chi connectivity index (χ4n) is 2.75. The van der Waals surface area contributed by atoms with Gasteiger partial charge in [-0.1, -0.05) is 0 Å². The molecule has 1 aliphatic heterocycles. The van der Waals surface area contributed by atoms with Crippen LogP contribution in [0.1, 0.15) is 27.7 Å². The monoisotopic (exact) mass is 264 g/mol. The number of anilines is 1. The van der Waals surface area contributed by atoms with Crippen molar-refractivity contribution < 1.29 is 4.74 Å². The average molecular weight is 264 g/mol. The van der Waals surface area contributed by atoms with Crippen molar-refractivity contribution in [1.82, 2.24) is 14.9 Å². The Morgan fingerprint density at radius 1 is 1.26 bits per heavy atom. The third-order valence-electron chi connectivity index (χ3n) is 3.62. The largest absolute Gasteiger partial charge is 0.480 e. The minimum Gasteiger partial charge on any atom is -0.480 e. The maximum atomic E-state index is 5.14. The highest BCUT2D eigenvalue weighted by Crippen LogP contribution is 2.23. The molecule has 0 N–H and O–H groups in total. The lowest BCUT2D eigenvalue weighted by Gasteiger charge is -2.47. The zero-order valence-corrected chi connectivity index (χ0v) is 12.6. The average Bonchev–Trinajstić information content (AvgIpc) is 2.37. The van der Waals surface area contributed by atoms with Gasteiger partial charge in [0.05, 0.1) is 19.5 Å². The van der Waals surface area contributed by atoms with Crippen LogP contribution in [-0.2, 0) is 0 Å². The zero-order valence-electron chi connectivity index (χ0n) is 12.6. The van der Waals surface area contributed by atoms with Gasteiger partial charge in [-0.15, -0.1) is 0 Å². The minimum absolute atomic E-state index is 0.214. The van der Waals surface area contributed by atoms with Crippen LogP contribution < -0.4 is 9.64 Å². The van der Waals surface area contributed by atoms with Crippen LogP contribution in [0.15, 0.2) is 12.4 Å². The highest BCUT2D eigenvalue weighted by atomic mass is 16.5. The minimum atomic E-state index is 0.214. The van der Waals surface area contributed by atoms with Gasteiger partial charge >= 0.3 is 0 Å². The van der Waals surface area contributed by atoms with Crippen molar-refractivity contribution >= 4 is 5.82 Å². The molecule has 0 radical (unpaired) electrons. The van der Waals surface area contributed by atoms with Crippen LogP contribution in [0.3, 0.4) is 0 Å². The summed E-state index contributed by atoms with van der Waals surface area (Å²) < 4.78 is 5.14. The van der Waals surface area contributed by atoms with E-state index in [2.05, 4.69) is 47.5 Å². The zero-order chi connectivity index (χ0) is 14.0. The van der Waals surface area contributed by atoms with Gasteiger partial charge < -0.3 is 9.64 Å². The maximum absolute atomic E-state index is 5.14. The van der Waals surface area contributed by atoms with E-state index in [1.807, 2.05) is 6.20 Å². The molecular formula is C14H24N4O. The number of nitrogens with zero attached hydrogens (tertiary/aromatic N) is 4. The molecule has 0 unspecified atom stereocenters. The number of ether oxygens (including phenoxy) is 1. The number of piperazine rings is 1. The fraction of sp³-hybridized carbons (Fsp3) is 0.714.